The minimum absolute atomic E-state index is 0.0797. The van der Waals surface area contributed by atoms with Crippen LogP contribution < -0.4 is 4.74 Å². The molecule has 1 rings (SSSR count). The lowest BCUT2D eigenvalue weighted by Gasteiger charge is -2.19. The summed E-state index contributed by atoms with van der Waals surface area (Å²) in [6.45, 7) is 5.13. The zero-order chi connectivity index (χ0) is 14.5. The second-order valence-corrected chi connectivity index (χ2v) is 5.09. The molecule has 0 heterocycles. The first kappa shape index (κ1) is 15.0. The molecule has 1 aromatic rings. The van der Waals surface area contributed by atoms with Crippen LogP contribution in [0.4, 0.5) is 0 Å². The molecule has 5 nitrogen and oxygen atoms in total. The van der Waals surface area contributed by atoms with Crippen molar-refractivity contribution in [3.05, 3.63) is 29.8 Å². The summed E-state index contributed by atoms with van der Waals surface area (Å²) < 4.78 is 10.4. The predicted molar refractivity (Wildman–Crippen MR) is 69.1 cm³/mol. The van der Waals surface area contributed by atoms with E-state index >= 15 is 0 Å². The summed E-state index contributed by atoms with van der Waals surface area (Å²) in [6.07, 6.45) is -0.0797. The second-order valence-electron chi connectivity index (χ2n) is 5.09. The maximum Gasteiger partial charge on any atom is 0.344 e. The van der Waals surface area contributed by atoms with Gasteiger partial charge in [0.2, 0.25) is 0 Å². The van der Waals surface area contributed by atoms with Gasteiger partial charge in [0.1, 0.15) is 11.4 Å². The average molecular weight is 266 g/mol. The SMILES string of the molecule is CC(C)(C)OC(=O)COc1cccc(CC(=O)O)c1. The molecule has 1 N–H and O–H groups in total. The van der Waals surface area contributed by atoms with Gasteiger partial charge < -0.3 is 14.6 Å². The lowest BCUT2D eigenvalue weighted by molar-refractivity contribution is -0.157. The van der Waals surface area contributed by atoms with Crippen molar-refractivity contribution in [1.29, 1.82) is 0 Å². The van der Waals surface area contributed by atoms with E-state index in [1.165, 1.54) is 0 Å². The standard InChI is InChI=1S/C14H18O5/c1-14(2,3)19-13(17)9-18-11-6-4-5-10(7-11)8-12(15)16/h4-7H,8-9H2,1-3H3,(H,15,16). The summed E-state index contributed by atoms with van der Waals surface area (Å²) in [5.74, 6) is -0.926. The molecule has 0 amide bonds. The van der Waals surface area contributed by atoms with Gasteiger partial charge in [0, 0.05) is 0 Å². The van der Waals surface area contributed by atoms with Crippen LogP contribution in [-0.2, 0) is 20.7 Å². The minimum Gasteiger partial charge on any atom is -0.482 e. The van der Waals surface area contributed by atoms with Gasteiger partial charge in [-0.05, 0) is 38.5 Å². The summed E-state index contributed by atoms with van der Waals surface area (Å²) in [7, 11) is 0. The van der Waals surface area contributed by atoms with Crippen LogP contribution in [0.1, 0.15) is 26.3 Å². The lowest BCUT2D eigenvalue weighted by Crippen LogP contribution is -2.27. The smallest absolute Gasteiger partial charge is 0.344 e. The highest BCUT2D eigenvalue weighted by Crippen LogP contribution is 2.14. The molecular formula is C14H18O5. The van der Waals surface area contributed by atoms with Crippen LogP contribution in [0, 0.1) is 0 Å². The molecule has 1 aromatic carbocycles. The first-order valence-electron chi connectivity index (χ1n) is 5.91. The van der Waals surface area contributed by atoms with Crippen molar-refractivity contribution >= 4 is 11.9 Å². The Bertz CT molecular complexity index is 459. The van der Waals surface area contributed by atoms with Crippen molar-refractivity contribution in [2.75, 3.05) is 6.61 Å². The third kappa shape index (κ3) is 6.45. The van der Waals surface area contributed by atoms with Crippen molar-refractivity contribution in [2.45, 2.75) is 32.8 Å². The monoisotopic (exact) mass is 266 g/mol. The molecule has 0 bridgehead atoms. The Morgan fingerprint density at radius 3 is 2.53 bits per heavy atom. The number of esters is 1. The van der Waals surface area contributed by atoms with Crippen molar-refractivity contribution in [2.24, 2.45) is 0 Å². The number of benzene rings is 1. The summed E-state index contributed by atoms with van der Waals surface area (Å²) in [5, 5.41) is 8.69. The number of aliphatic carboxylic acids is 1. The molecule has 104 valence electrons. The Hall–Kier alpha value is -2.04. The topological polar surface area (TPSA) is 72.8 Å². The molecule has 0 atom stereocenters. The molecule has 19 heavy (non-hydrogen) atoms. The molecule has 0 aromatic heterocycles. The molecule has 0 fully saturated rings. The summed E-state index contributed by atoms with van der Waals surface area (Å²) in [6, 6.07) is 6.63. The molecule has 0 saturated heterocycles. The maximum absolute atomic E-state index is 11.5. The summed E-state index contributed by atoms with van der Waals surface area (Å²) in [5.41, 5.74) is 0.0696. The van der Waals surface area contributed by atoms with E-state index in [4.69, 9.17) is 14.6 Å². The quantitative estimate of drug-likeness (QED) is 0.825. The summed E-state index contributed by atoms with van der Waals surface area (Å²) >= 11 is 0. The summed E-state index contributed by atoms with van der Waals surface area (Å²) in [4.78, 5) is 22.0. The van der Waals surface area contributed by atoms with Crippen LogP contribution in [-0.4, -0.2) is 29.3 Å². The average Bonchev–Trinajstić information content (AvgIpc) is 2.23. The first-order chi connectivity index (χ1) is 8.76. The van der Waals surface area contributed by atoms with E-state index in [9.17, 15) is 9.59 Å². The third-order valence-corrected chi connectivity index (χ3v) is 2.03. The van der Waals surface area contributed by atoms with E-state index < -0.39 is 17.5 Å². The van der Waals surface area contributed by atoms with Crippen molar-refractivity contribution in [1.82, 2.24) is 0 Å². The molecule has 5 heteroatoms. The highest BCUT2D eigenvalue weighted by atomic mass is 16.6. The Morgan fingerprint density at radius 1 is 1.26 bits per heavy atom. The van der Waals surface area contributed by atoms with Crippen LogP contribution in [0.3, 0.4) is 0 Å². The van der Waals surface area contributed by atoms with Gasteiger partial charge in [-0.25, -0.2) is 4.79 Å². The molecule has 0 aliphatic rings. The van der Waals surface area contributed by atoms with Crippen molar-refractivity contribution in [3.63, 3.8) is 0 Å². The zero-order valence-electron chi connectivity index (χ0n) is 11.3. The van der Waals surface area contributed by atoms with E-state index in [1.54, 1.807) is 45.0 Å². The predicted octanol–water partition coefficient (Wildman–Crippen LogP) is 2.03. The molecule has 0 saturated carbocycles. The van der Waals surface area contributed by atoms with Gasteiger partial charge in [0.25, 0.3) is 0 Å². The zero-order valence-corrected chi connectivity index (χ0v) is 11.3. The Morgan fingerprint density at radius 2 is 1.95 bits per heavy atom. The number of carboxylic acids is 1. The maximum atomic E-state index is 11.5. The highest BCUT2D eigenvalue weighted by Gasteiger charge is 2.16. The number of hydrogen-bond acceptors (Lipinski definition) is 4. The molecule has 0 aliphatic carbocycles. The molecular weight excluding hydrogens is 248 g/mol. The van der Waals surface area contributed by atoms with Crippen LogP contribution in [0.5, 0.6) is 5.75 Å². The minimum atomic E-state index is -0.913. The number of rotatable bonds is 5. The van der Waals surface area contributed by atoms with Gasteiger partial charge in [0.05, 0.1) is 6.42 Å². The fraction of sp³-hybridized carbons (Fsp3) is 0.429. The normalized spacial score (nSPS) is 10.9. The van der Waals surface area contributed by atoms with Crippen LogP contribution in [0.25, 0.3) is 0 Å². The van der Waals surface area contributed by atoms with Crippen molar-refractivity contribution in [3.8, 4) is 5.75 Å². The van der Waals surface area contributed by atoms with Gasteiger partial charge in [-0.15, -0.1) is 0 Å². The number of ether oxygens (including phenoxy) is 2. The number of carbonyl (C=O) groups excluding carboxylic acids is 1. The molecule has 0 spiro atoms. The number of carboxylic acid groups (broad SMARTS) is 1. The fourth-order valence-corrected chi connectivity index (χ4v) is 1.43. The number of carbonyl (C=O) groups is 2. The van der Waals surface area contributed by atoms with E-state index in [1.807, 2.05) is 0 Å². The Labute approximate surface area is 112 Å². The van der Waals surface area contributed by atoms with E-state index in [2.05, 4.69) is 0 Å². The van der Waals surface area contributed by atoms with Gasteiger partial charge in [-0.3, -0.25) is 4.79 Å². The third-order valence-electron chi connectivity index (χ3n) is 2.03. The van der Waals surface area contributed by atoms with Gasteiger partial charge in [0.15, 0.2) is 6.61 Å². The van der Waals surface area contributed by atoms with Gasteiger partial charge in [-0.1, -0.05) is 12.1 Å². The Balaban J connectivity index is 2.53. The highest BCUT2D eigenvalue weighted by molar-refractivity contribution is 5.72. The van der Waals surface area contributed by atoms with Gasteiger partial charge >= 0.3 is 11.9 Å². The van der Waals surface area contributed by atoms with E-state index in [0.29, 0.717) is 11.3 Å². The van der Waals surface area contributed by atoms with Crippen molar-refractivity contribution < 1.29 is 24.2 Å². The molecule has 0 radical (unpaired) electrons. The number of hydrogen-bond donors (Lipinski definition) is 1. The second kappa shape index (κ2) is 6.22. The lowest BCUT2D eigenvalue weighted by atomic mass is 10.1. The van der Waals surface area contributed by atoms with Gasteiger partial charge in [-0.2, -0.15) is 0 Å². The largest absolute Gasteiger partial charge is 0.482 e. The first-order valence-corrected chi connectivity index (χ1v) is 5.91. The van der Waals surface area contributed by atoms with Crippen LogP contribution >= 0.6 is 0 Å². The van der Waals surface area contributed by atoms with Crippen LogP contribution in [0.15, 0.2) is 24.3 Å². The van der Waals surface area contributed by atoms with E-state index in [-0.39, 0.29) is 13.0 Å². The fourth-order valence-electron chi connectivity index (χ4n) is 1.43. The molecule has 0 aliphatic heterocycles. The van der Waals surface area contributed by atoms with Crippen LogP contribution in [0.2, 0.25) is 0 Å². The Kier molecular flexibility index (Phi) is 4.92. The van der Waals surface area contributed by atoms with E-state index in [0.717, 1.165) is 0 Å². The molecule has 0 unspecified atom stereocenters.